The molecule has 1 nitrogen and oxygen atoms in total. The fourth-order valence-electron chi connectivity index (χ4n) is 4.07. The SMILES string of the molecule is COc1ccccc1C1[CH]CC(C2CCCCC2)C1. The van der Waals surface area contributed by atoms with E-state index in [0.29, 0.717) is 5.92 Å². The van der Waals surface area contributed by atoms with Gasteiger partial charge in [-0.05, 0) is 48.6 Å². The molecular weight excluding hydrogens is 232 g/mol. The maximum Gasteiger partial charge on any atom is 0.122 e. The van der Waals surface area contributed by atoms with Crippen molar-refractivity contribution in [3.8, 4) is 5.75 Å². The van der Waals surface area contributed by atoms with E-state index in [1.165, 1.54) is 50.5 Å². The largest absolute Gasteiger partial charge is 0.496 e. The molecule has 0 saturated heterocycles. The second kappa shape index (κ2) is 5.98. The summed E-state index contributed by atoms with van der Waals surface area (Å²) >= 11 is 0. The maximum absolute atomic E-state index is 5.52. The van der Waals surface area contributed by atoms with Gasteiger partial charge in [0.05, 0.1) is 7.11 Å². The Labute approximate surface area is 117 Å². The third-order valence-electron chi connectivity index (χ3n) is 5.13. The van der Waals surface area contributed by atoms with Crippen molar-refractivity contribution in [3.63, 3.8) is 0 Å². The van der Waals surface area contributed by atoms with Crippen molar-refractivity contribution >= 4 is 0 Å². The first kappa shape index (κ1) is 13.0. The van der Waals surface area contributed by atoms with Crippen LogP contribution in [-0.2, 0) is 0 Å². The Kier molecular flexibility index (Phi) is 4.10. The van der Waals surface area contributed by atoms with Crippen LogP contribution in [0.3, 0.4) is 0 Å². The number of rotatable bonds is 3. The van der Waals surface area contributed by atoms with Gasteiger partial charge in [-0.2, -0.15) is 0 Å². The van der Waals surface area contributed by atoms with E-state index in [9.17, 15) is 0 Å². The summed E-state index contributed by atoms with van der Waals surface area (Å²) in [4.78, 5) is 0. The van der Waals surface area contributed by atoms with Gasteiger partial charge in [-0.15, -0.1) is 0 Å². The monoisotopic (exact) mass is 257 g/mol. The Morgan fingerprint density at radius 1 is 1.00 bits per heavy atom. The third kappa shape index (κ3) is 2.80. The Hall–Kier alpha value is -0.980. The first-order valence-electron chi connectivity index (χ1n) is 7.84. The van der Waals surface area contributed by atoms with Crippen molar-refractivity contribution in [2.45, 2.75) is 50.9 Å². The number of hydrogen-bond donors (Lipinski definition) is 0. The first-order valence-corrected chi connectivity index (χ1v) is 7.84. The van der Waals surface area contributed by atoms with Crippen molar-refractivity contribution in [3.05, 3.63) is 36.2 Å². The van der Waals surface area contributed by atoms with Crippen LogP contribution in [0.25, 0.3) is 0 Å². The molecule has 0 spiro atoms. The van der Waals surface area contributed by atoms with E-state index < -0.39 is 0 Å². The fraction of sp³-hybridized carbons (Fsp3) is 0.611. The molecule has 1 aromatic carbocycles. The molecule has 19 heavy (non-hydrogen) atoms. The van der Waals surface area contributed by atoms with Crippen LogP contribution in [0, 0.1) is 18.3 Å². The summed E-state index contributed by atoms with van der Waals surface area (Å²) in [5.41, 5.74) is 1.39. The van der Waals surface area contributed by atoms with Crippen LogP contribution in [0.15, 0.2) is 24.3 Å². The van der Waals surface area contributed by atoms with Gasteiger partial charge in [-0.25, -0.2) is 0 Å². The van der Waals surface area contributed by atoms with E-state index in [4.69, 9.17) is 4.74 Å². The number of ether oxygens (including phenoxy) is 1. The predicted octanol–water partition coefficient (Wildman–Crippen LogP) is 4.97. The summed E-state index contributed by atoms with van der Waals surface area (Å²) in [5.74, 6) is 3.59. The molecule has 0 aromatic heterocycles. The molecule has 103 valence electrons. The molecule has 0 heterocycles. The molecule has 2 aliphatic carbocycles. The molecule has 1 aromatic rings. The fourth-order valence-corrected chi connectivity index (χ4v) is 4.07. The van der Waals surface area contributed by atoms with Gasteiger partial charge >= 0.3 is 0 Å². The highest BCUT2D eigenvalue weighted by Gasteiger charge is 2.33. The predicted molar refractivity (Wildman–Crippen MR) is 79.3 cm³/mol. The van der Waals surface area contributed by atoms with Crippen molar-refractivity contribution in [2.75, 3.05) is 7.11 Å². The molecule has 1 radical (unpaired) electrons. The lowest BCUT2D eigenvalue weighted by molar-refractivity contribution is 0.251. The molecule has 2 saturated carbocycles. The average molecular weight is 257 g/mol. The Morgan fingerprint density at radius 2 is 1.79 bits per heavy atom. The third-order valence-corrected chi connectivity index (χ3v) is 5.13. The molecular formula is C18H25O. The van der Waals surface area contributed by atoms with E-state index in [-0.39, 0.29) is 0 Å². The van der Waals surface area contributed by atoms with Gasteiger partial charge in [0.1, 0.15) is 5.75 Å². The van der Waals surface area contributed by atoms with Crippen molar-refractivity contribution < 1.29 is 4.74 Å². The van der Waals surface area contributed by atoms with Crippen LogP contribution < -0.4 is 4.74 Å². The zero-order chi connectivity index (χ0) is 13.1. The van der Waals surface area contributed by atoms with Gasteiger partial charge in [-0.3, -0.25) is 0 Å². The molecule has 2 aliphatic rings. The molecule has 2 fully saturated rings. The second-order valence-corrected chi connectivity index (χ2v) is 6.21. The average Bonchev–Trinajstić information content (AvgIpc) is 2.98. The van der Waals surface area contributed by atoms with Crippen molar-refractivity contribution in [1.29, 1.82) is 0 Å². The molecule has 3 rings (SSSR count). The van der Waals surface area contributed by atoms with E-state index in [1.54, 1.807) is 7.11 Å². The lowest BCUT2D eigenvalue weighted by Crippen LogP contribution is -2.15. The summed E-state index contributed by atoms with van der Waals surface area (Å²) < 4.78 is 5.52. The molecule has 1 heteroatoms. The Balaban J connectivity index is 1.67. The second-order valence-electron chi connectivity index (χ2n) is 6.21. The number of para-hydroxylation sites is 1. The first-order chi connectivity index (χ1) is 9.38. The highest BCUT2D eigenvalue weighted by molar-refractivity contribution is 5.38. The lowest BCUT2D eigenvalue weighted by atomic mass is 9.78. The highest BCUT2D eigenvalue weighted by atomic mass is 16.5. The van der Waals surface area contributed by atoms with Gasteiger partial charge < -0.3 is 4.74 Å². The zero-order valence-corrected chi connectivity index (χ0v) is 12.0. The van der Waals surface area contributed by atoms with Gasteiger partial charge in [0.15, 0.2) is 0 Å². The van der Waals surface area contributed by atoms with E-state index >= 15 is 0 Å². The Morgan fingerprint density at radius 3 is 2.58 bits per heavy atom. The maximum atomic E-state index is 5.52. The van der Waals surface area contributed by atoms with Gasteiger partial charge in [0, 0.05) is 0 Å². The number of methoxy groups -OCH3 is 1. The van der Waals surface area contributed by atoms with Gasteiger partial charge in [0.2, 0.25) is 0 Å². The molecule has 0 aliphatic heterocycles. The molecule has 0 bridgehead atoms. The Bertz CT molecular complexity index is 406. The minimum atomic E-state index is 0.614. The zero-order valence-electron chi connectivity index (χ0n) is 12.0. The van der Waals surface area contributed by atoms with E-state index in [1.807, 2.05) is 0 Å². The van der Waals surface area contributed by atoms with Crippen LogP contribution in [0.4, 0.5) is 0 Å². The summed E-state index contributed by atoms with van der Waals surface area (Å²) in [6.45, 7) is 0. The number of benzene rings is 1. The molecule has 0 N–H and O–H groups in total. The minimum absolute atomic E-state index is 0.614. The van der Waals surface area contributed by atoms with Crippen LogP contribution >= 0.6 is 0 Å². The smallest absolute Gasteiger partial charge is 0.122 e. The standard InChI is InChI=1S/C18H25O/c1-19-18-10-6-5-9-17(18)16-12-11-15(13-16)14-7-3-2-4-8-14/h5-6,9-10,12,14-16H,2-4,7-8,11,13H2,1H3. The normalized spacial score (nSPS) is 28.5. The van der Waals surface area contributed by atoms with Crippen LogP contribution in [-0.4, -0.2) is 7.11 Å². The van der Waals surface area contributed by atoms with Crippen molar-refractivity contribution in [1.82, 2.24) is 0 Å². The van der Waals surface area contributed by atoms with Crippen LogP contribution in [0.5, 0.6) is 5.75 Å². The molecule has 0 amide bonds. The van der Waals surface area contributed by atoms with Gasteiger partial charge in [-0.1, -0.05) is 50.3 Å². The summed E-state index contributed by atoms with van der Waals surface area (Å²) in [7, 11) is 1.78. The molecule has 2 unspecified atom stereocenters. The highest BCUT2D eigenvalue weighted by Crippen LogP contribution is 2.46. The van der Waals surface area contributed by atoms with Crippen LogP contribution in [0.2, 0.25) is 0 Å². The van der Waals surface area contributed by atoms with Crippen molar-refractivity contribution in [2.24, 2.45) is 11.8 Å². The van der Waals surface area contributed by atoms with E-state index in [2.05, 4.69) is 30.7 Å². The van der Waals surface area contributed by atoms with E-state index in [0.717, 1.165) is 17.6 Å². The topological polar surface area (TPSA) is 9.23 Å². The number of hydrogen-bond acceptors (Lipinski definition) is 1. The summed E-state index contributed by atoms with van der Waals surface area (Å²) in [6.07, 6.45) is 12.5. The quantitative estimate of drug-likeness (QED) is 0.742. The summed E-state index contributed by atoms with van der Waals surface area (Å²) in [5, 5.41) is 0. The lowest BCUT2D eigenvalue weighted by Gasteiger charge is -2.27. The molecule has 2 atom stereocenters. The van der Waals surface area contributed by atoms with Crippen LogP contribution in [0.1, 0.15) is 56.4 Å². The summed E-state index contributed by atoms with van der Waals surface area (Å²) in [6, 6.07) is 8.54. The van der Waals surface area contributed by atoms with Gasteiger partial charge in [0.25, 0.3) is 0 Å². The minimum Gasteiger partial charge on any atom is -0.496 e.